The van der Waals surface area contributed by atoms with Gasteiger partial charge >= 0.3 is 0 Å². The molecule has 0 aromatic heterocycles. The topological polar surface area (TPSA) is 24.1 Å². The van der Waals surface area contributed by atoms with Gasteiger partial charge in [-0.3, -0.25) is 0 Å². The molecule has 6 heteroatoms. The van der Waals surface area contributed by atoms with Crippen molar-refractivity contribution in [3.8, 4) is 0 Å². The van der Waals surface area contributed by atoms with E-state index in [1.807, 2.05) is 17.8 Å². The lowest BCUT2D eigenvalue weighted by molar-refractivity contribution is 0.452. The second kappa shape index (κ2) is 9.50. The highest BCUT2D eigenvalue weighted by molar-refractivity contribution is 7.99. The van der Waals surface area contributed by atoms with Gasteiger partial charge in [0.1, 0.15) is 0 Å². The van der Waals surface area contributed by atoms with E-state index >= 15 is 0 Å². The molecule has 2 aromatic carbocycles. The van der Waals surface area contributed by atoms with Gasteiger partial charge < -0.3 is 10.6 Å². The third-order valence-electron chi connectivity index (χ3n) is 4.75. The van der Waals surface area contributed by atoms with Crippen molar-refractivity contribution in [2.24, 2.45) is 0 Å². The van der Waals surface area contributed by atoms with Crippen LogP contribution in [0.25, 0.3) is 5.57 Å². The lowest BCUT2D eigenvalue weighted by Crippen LogP contribution is -2.49. The molecule has 2 aromatic rings. The zero-order valence-electron chi connectivity index (χ0n) is 14.5. The first kappa shape index (κ1) is 21.6. The predicted molar refractivity (Wildman–Crippen MR) is 117 cm³/mol. The first-order valence-corrected chi connectivity index (χ1v) is 9.71. The fraction of sp³-hybridized carbons (Fsp3) is 0.300. The van der Waals surface area contributed by atoms with Crippen LogP contribution < -0.4 is 10.6 Å². The Hall–Kier alpha value is -0.680. The first-order chi connectivity index (χ1) is 11.8. The molecule has 2 nitrogen and oxygen atoms in total. The second-order valence-corrected chi connectivity index (χ2v) is 7.72. The second-order valence-electron chi connectivity index (χ2n) is 6.20. The lowest BCUT2D eigenvalue weighted by Gasteiger charge is -2.31. The zero-order chi connectivity index (χ0) is 16.5. The summed E-state index contributed by atoms with van der Waals surface area (Å²) in [4.78, 5) is 2.62. The van der Waals surface area contributed by atoms with Crippen LogP contribution in [-0.2, 0) is 0 Å². The van der Waals surface area contributed by atoms with Crippen molar-refractivity contribution in [3.63, 3.8) is 0 Å². The summed E-state index contributed by atoms with van der Waals surface area (Å²) in [5.41, 5.74) is 5.45. The van der Waals surface area contributed by atoms with Crippen LogP contribution in [0.4, 0.5) is 0 Å². The molecule has 140 valence electrons. The molecule has 26 heavy (non-hydrogen) atoms. The Morgan fingerprint density at radius 2 is 1.85 bits per heavy atom. The van der Waals surface area contributed by atoms with Gasteiger partial charge in [0.2, 0.25) is 0 Å². The third kappa shape index (κ3) is 4.09. The van der Waals surface area contributed by atoms with Gasteiger partial charge in [0.05, 0.1) is 0 Å². The molecule has 0 saturated carbocycles. The van der Waals surface area contributed by atoms with Gasteiger partial charge in [-0.05, 0) is 53.0 Å². The Morgan fingerprint density at radius 1 is 1.08 bits per heavy atom. The minimum Gasteiger partial charge on any atom is -0.314 e. The quantitative estimate of drug-likeness (QED) is 0.568. The fourth-order valence-corrected chi connectivity index (χ4v) is 4.90. The summed E-state index contributed by atoms with van der Waals surface area (Å²) in [6.45, 7) is 5.29. The van der Waals surface area contributed by atoms with Crippen LogP contribution in [0.3, 0.4) is 0 Å². The molecule has 0 bridgehead atoms. The lowest BCUT2D eigenvalue weighted by atomic mass is 9.87. The first-order valence-electron chi connectivity index (χ1n) is 8.52. The van der Waals surface area contributed by atoms with E-state index in [1.165, 1.54) is 32.1 Å². The highest BCUT2D eigenvalue weighted by atomic mass is 35.5. The van der Waals surface area contributed by atoms with Crippen LogP contribution in [0.5, 0.6) is 0 Å². The molecular formula is C20H23Cl3N2S. The van der Waals surface area contributed by atoms with Crippen molar-refractivity contribution >= 4 is 53.7 Å². The van der Waals surface area contributed by atoms with Crippen LogP contribution in [0, 0.1) is 0 Å². The molecule has 1 unspecified atom stereocenters. The standard InChI is InChI=1S/C20H21ClN2S.2ClH/c1-2-14(17-12-22-9-10-23-17)20-15-5-3-4-6-18(15)24-19-8-7-13(21)11-16(19)20;;/h3-8,11,17,22-23H,2,9-10,12H2,1H3;2*1H/b20-14+;;. The van der Waals surface area contributed by atoms with Crippen molar-refractivity contribution in [2.75, 3.05) is 19.6 Å². The smallest absolute Gasteiger partial charge is 0.0415 e. The van der Waals surface area contributed by atoms with E-state index in [1.54, 1.807) is 0 Å². The summed E-state index contributed by atoms with van der Waals surface area (Å²) < 4.78 is 0. The Balaban J connectivity index is 0.00000121. The maximum atomic E-state index is 6.34. The number of nitrogens with one attached hydrogen (secondary N) is 2. The normalized spacial score (nSPS) is 20.2. The molecule has 0 spiro atoms. The van der Waals surface area contributed by atoms with Gasteiger partial charge in [0.15, 0.2) is 0 Å². The third-order valence-corrected chi connectivity index (χ3v) is 6.14. The fourth-order valence-electron chi connectivity index (χ4n) is 3.66. The molecule has 2 heterocycles. The van der Waals surface area contributed by atoms with Crippen molar-refractivity contribution in [1.29, 1.82) is 0 Å². The molecule has 0 amide bonds. The van der Waals surface area contributed by atoms with Gasteiger partial charge in [-0.15, -0.1) is 24.8 Å². The number of halogens is 3. The minimum absolute atomic E-state index is 0. The largest absolute Gasteiger partial charge is 0.314 e. The number of fused-ring (bicyclic) bond motifs is 2. The molecule has 0 radical (unpaired) electrons. The van der Waals surface area contributed by atoms with Crippen LogP contribution >= 0.6 is 48.2 Å². The molecule has 2 aliphatic heterocycles. The van der Waals surface area contributed by atoms with Gasteiger partial charge in [-0.25, -0.2) is 0 Å². The van der Waals surface area contributed by atoms with Crippen molar-refractivity contribution in [1.82, 2.24) is 10.6 Å². The summed E-state index contributed by atoms with van der Waals surface area (Å²) in [5, 5.41) is 8.01. The summed E-state index contributed by atoms with van der Waals surface area (Å²) in [7, 11) is 0. The van der Waals surface area contributed by atoms with Crippen LogP contribution in [-0.4, -0.2) is 25.7 Å². The summed E-state index contributed by atoms with van der Waals surface area (Å²) in [5.74, 6) is 0. The number of benzene rings is 2. The average Bonchev–Trinajstić information content (AvgIpc) is 2.63. The van der Waals surface area contributed by atoms with Crippen LogP contribution in [0.15, 0.2) is 57.8 Å². The number of hydrogen-bond donors (Lipinski definition) is 2. The highest BCUT2D eigenvalue weighted by Crippen LogP contribution is 2.47. The van der Waals surface area contributed by atoms with E-state index in [4.69, 9.17) is 11.6 Å². The molecule has 1 saturated heterocycles. The van der Waals surface area contributed by atoms with E-state index in [9.17, 15) is 0 Å². The number of rotatable bonds is 2. The van der Waals surface area contributed by atoms with Crippen molar-refractivity contribution in [2.45, 2.75) is 29.2 Å². The van der Waals surface area contributed by atoms with Gasteiger partial charge in [0.25, 0.3) is 0 Å². The average molecular weight is 430 g/mol. The van der Waals surface area contributed by atoms with E-state index in [0.717, 1.165) is 31.1 Å². The minimum atomic E-state index is 0. The monoisotopic (exact) mass is 428 g/mol. The van der Waals surface area contributed by atoms with Crippen LogP contribution in [0.1, 0.15) is 24.5 Å². The van der Waals surface area contributed by atoms with Crippen molar-refractivity contribution < 1.29 is 0 Å². The number of piperazine rings is 1. The Labute approximate surface area is 177 Å². The number of hydrogen-bond acceptors (Lipinski definition) is 3. The molecule has 4 rings (SSSR count). The molecule has 2 N–H and O–H groups in total. The van der Waals surface area contributed by atoms with Crippen molar-refractivity contribution in [3.05, 3.63) is 64.2 Å². The van der Waals surface area contributed by atoms with Crippen LogP contribution in [0.2, 0.25) is 5.02 Å². The predicted octanol–water partition coefficient (Wildman–Crippen LogP) is 5.42. The summed E-state index contributed by atoms with van der Waals surface area (Å²) >= 11 is 8.18. The SMILES string of the molecule is CC/C(=C1/c2ccccc2Sc2ccc(Cl)cc21)C1CNCCN1.Cl.Cl. The Morgan fingerprint density at radius 3 is 2.58 bits per heavy atom. The highest BCUT2D eigenvalue weighted by Gasteiger charge is 2.27. The van der Waals surface area contributed by atoms with Gasteiger partial charge in [-0.2, -0.15) is 0 Å². The maximum absolute atomic E-state index is 6.34. The Bertz CT molecular complexity index is 801. The van der Waals surface area contributed by atoms with Gasteiger partial charge in [0, 0.05) is 40.5 Å². The molecule has 1 fully saturated rings. The zero-order valence-corrected chi connectivity index (χ0v) is 17.8. The molecular weight excluding hydrogens is 407 g/mol. The van der Waals surface area contributed by atoms with E-state index in [2.05, 4.69) is 54.0 Å². The molecule has 2 aliphatic rings. The Kier molecular flexibility index (Phi) is 7.90. The van der Waals surface area contributed by atoms with Gasteiger partial charge in [-0.1, -0.05) is 48.5 Å². The summed E-state index contributed by atoms with van der Waals surface area (Å²) in [6, 6.07) is 15.4. The molecule has 0 aliphatic carbocycles. The maximum Gasteiger partial charge on any atom is 0.0415 e. The van der Waals surface area contributed by atoms with E-state index < -0.39 is 0 Å². The molecule has 1 atom stereocenters. The van der Waals surface area contributed by atoms with E-state index in [0.29, 0.717) is 6.04 Å². The summed E-state index contributed by atoms with van der Waals surface area (Å²) in [6.07, 6.45) is 1.03. The van der Waals surface area contributed by atoms with E-state index in [-0.39, 0.29) is 24.8 Å².